The van der Waals surface area contributed by atoms with Crippen LogP contribution in [0.25, 0.3) is 33.5 Å². The molecule has 0 aliphatic carbocycles. The molecule has 160 valence electrons. The predicted octanol–water partition coefficient (Wildman–Crippen LogP) is 7.88. The fourth-order valence-electron chi connectivity index (χ4n) is 3.53. The van der Waals surface area contributed by atoms with Gasteiger partial charge in [-0.3, -0.25) is 4.79 Å². The summed E-state index contributed by atoms with van der Waals surface area (Å²) in [6.07, 6.45) is 0. The van der Waals surface area contributed by atoms with E-state index < -0.39 is 5.41 Å². The Balaban J connectivity index is 2.03. The lowest BCUT2D eigenvalue weighted by atomic mass is 9.88. The second-order valence-electron chi connectivity index (χ2n) is 8.69. The molecule has 4 nitrogen and oxygen atoms in total. The van der Waals surface area contributed by atoms with E-state index in [4.69, 9.17) is 32.6 Å². The Kier molecular flexibility index (Phi) is 5.58. The molecule has 0 spiro atoms. The molecule has 0 atom stereocenters. The molecule has 2 heterocycles. The molecular weight excluding hydrogens is 443 g/mol. The molecule has 0 aliphatic heterocycles. The van der Waals surface area contributed by atoms with Crippen LogP contribution in [0.1, 0.15) is 42.5 Å². The van der Waals surface area contributed by atoms with Crippen LogP contribution in [-0.4, -0.2) is 10.8 Å². The summed E-state index contributed by atoms with van der Waals surface area (Å²) < 4.78 is 5.97. The molecule has 2 aromatic heterocycles. The number of ketones is 1. The lowest BCUT2D eigenvalue weighted by Gasteiger charge is -2.14. The quantitative estimate of drug-likeness (QED) is 0.290. The molecule has 4 rings (SSSR count). The third-order valence-electron chi connectivity index (χ3n) is 5.33. The number of fused-ring (bicyclic) bond motifs is 1. The molecule has 4 aromatic rings. The van der Waals surface area contributed by atoms with Gasteiger partial charge in [-0.2, -0.15) is 5.26 Å². The molecule has 2 aromatic carbocycles. The zero-order valence-electron chi connectivity index (χ0n) is 18.1. The van der Waals surface area contributed by atoms with Crippen molar-refractivity contribution in [3.8, 4) is 28.5 Å². The van der Waals surface area contributed by atoms with E-state index in [2.05, 4.69) is 6.07 Å². The lowest BCUT2D eigenvalue weighted by molar-refractivity contribution is 0.0829. The Morgan fingerprint density at radius 1 is 1.03 bits per heavy atom. The van der Waals surface area contributed by atoms with Gasteiger partial charge < -0.3 is 4.42 Å². The first-order valence-corrected chi connectivity index (χ1v) is 10.8. The van der Waals surface area contributed by atoms with E-state index in [1.165, 1.54) is 0 Å². The van der Waals surface area contributed by atoms with Gasteiger partial charge in [0.15, 0.2) is 5.76 Å². The van der Waals surface area contributed by atoms with Crippen LogP contribution in [-0.2, 0) is 0 Å². The van der Waals surface area contributed by atoms with Crippen molar-refractivity contribution in [2.45, 2.75) is 27.7 Å². The van der Waals surface area contributed by atoms with Crippen molar-refractivity contribution in [3.05, 3.63) is 75.5 Å². The number of benzene rings is 2. The van der Waals surface area contributed by atoms with Gasteiger partial charge in [-0.15, -0.1) is 0 Å². The van der Waals surface area contributed by atoms with Crippen molar-refractivity contribution in [1.29, 1.82) is 5.26 Å². The Morgan fingerprint density at radius 2 is 1.72 bits per heavy atom. The Hall–Kier alpha value is -3.13. The SMILES string of the molecule is Cc1c(C(=O)C(C)(C)C)oc2nc(-c3ccc(C#N)cc3Cl)c(-c3ccc(Cl)cc3)cc12. The zero-order valence-corrected chi connectivity index (χ0v) is 19.6. The number of rotatable bonds is 3. The molecule has 0 saturated carbocycles. The highest BCUT2D eigenvalue weighted by Crippen LogP contribution is 2.40. The fraction of sp³-hybridized carbons (Fsp3) is 0.192. The topological polar surface area (TPSA) is 66.9 Å². The number of carbonyl (C=O) groups is 1. The summed E-state index contributed by atoms with van der Waals surface area (Å²) in [5, 5.41) is 11.0. The number of hydrogen-bond acceptors (Lipinski definition) is 4. The van der Waals surface area contributed by atoms with Crippen LogP contribution in [0.4, 0.5) is 0 Å². The number of hydrogen-bond donors (Lipinski definition) is 0. The predicted molar refractivity (Wildman–Crippen MR) is 128 cm³/mol. The molecule has 0 N–H and O–H groups in total. The van der Waals surface area contributed by atoms with E-state index in [-0.39, 0.29) is 5.78 Å². The molecule has 0 saturated heterocycles. The minimum atomic E-state index is -0.586. The van der Waals surface area contributed by atoms with E-state index >= 15 is 0 Å². The highest BCUT2D eigenvalue weighted by molar-refractivity contribution is 6.33. The summed E-state index contributed by atoms with van der Waals surface area (Å²) in [5.41, 5.74) is 3.95. The molecule has 0 radical (unpaired) electrons. The summed E-state index contributed by atoms with van der Waals surface area (Å²) in [6.45, 7) is 7.44. The van der Waals surface area contributed by atoms with E-state index in [0.29, 0.717) is 38.3 Å². The van der Waals surface area contributed by atoms with Crippen LogP contribution >= 0.6 is 23.2 Å². The van der Waals surface area contributed by atoms with Crippen LogP contribution in [0.2, 0.25) is 10.0 Å². The van der Waals surface area contributed by atoms with Crippen LogP contribution < -0.4 is 0 Å². The van der Waals surface area contributed by atoms with E-state index in [9.17, 15) is 10.1 Å². The maximum atomic E-state index is 12.9. The third kappa shape index (κ3) is 3.90. The number of nitriles is 1. The van der Waals surface area contributed by atoms with Crippen molar-refractivity contribution in [1.82, 2.24) is 4.98 Å². The standard InChI is InChI=1S/C26H20Cl2N2O2/c1-14-19-12-20(16-6-8-17(27)9-7-16)22(18-10-5-15(13-29)11-21(18)28)30-25(19)32-23(14)24(31)26(2,3)4/h5-12H,1-4H3. The van der Waals surface area contributed by atoms with Gasteiger partial charge >= 0.3 is 0 Å². The van der Waals surface area contributed by atoms with Gasteiger partial charge in [0.05, 0.1) is 22.3 Å². The first-order chi connectivity index (χ1) is 15.1. The zero-order chi connectivity index (χ0) is 23.2. The van der Waals surface area contributed by atoms with Crippen LogP contribution in [0.5, 0.6) is 0 Å². The number of furan rings is 1. The number of aryl methyl sites for hydroxylation is 1. The normalized spacial score (nSPS) is 11.5. The number of carbonyl (C=O) groups excluding carboxylic acids is 1. The van der Waals surface area contributed by atoms with Gasteiger partial charge in [0.2, 0.25) is 11.5 Å². The molecule has 0 fully saturated rings. The van der Waals surface area contributed by atoms with Crippen molar-refractivity contribution in [2.75, 3.05) is 0 Å². The number of pyridine rings is 1. The minimum Gasteiger partial charge on any atom is -0.434 e. The number of nitrogens with zero attached hydrogens (tertiary/aromatic N) is 2. The molecule has 0 unspecified atom stereocenters. The number of halogens is 2. The monoisotopic (exact) mass is 462 g/mol. The Bertz CT molecular complexity index is 1410. The third-order valence-corrected chi connectivity index (χ3v) is 5.89. The minimum absolute atomic E-state index is 0.0843. The second kappa shape index (κ2) is 8.09. The van der Waals surface area contributed by atoms with E-state index in [0.717, 1.165) is 22.1 Å². The summed E-state index contributed by atoms with van der Waals surface area (Å²) in [7, 11) is 0. The van der Waals surface area contributed by atoms with Gasteiger partial charge in [0.1, 0.15) is 0 Å². The summed E-state index contributed by atoms with van der Waals surface area (Å²) in [6, 6.07) is 16.6. The highest BCUT2D eigenvalue weighted by Gasteiger charge is 2.29. The van der Waals surface area contributed by atoms with Crippen LogP contribution in [0.3, 0.4) is 0 Å². The average Bonchev–Trinajstić information content (AvgIpc) is 3.07. The smallest absolute Gasteiger partial charge is 0.227 e. The number of aromatic nitrogens is 1. The van der Waals surface area contributed by atoms with Crippen molar-refractivity contribution < 1.29 is 9.21 Å². The molecule has 6 heteroatoms. The molecular formula is C26H20Cl2N2O2. The van der Waals surface area contributed by atoms with Gasteiger partial charge in [-0.05, 0) is 48.9 Å². The Labute approximate surface area is 196 Å². The average molecular weight is 463 g/mol. The lowest BCUT2D eigenvalue weighted by Crippen LogP contribution is -2.20. The maximum Gasteiger partial charge on any atom is 0.227 e. The maximum absolute atomic E-state index is 12.9. The summed E-state index contributed by atoms with van der Waals surface area (Å²) in [4.78, 5) is 17.7. The van der Waals surface area contributed by atoms with E-state index in [1.807, 2.05) is 58.0 Å². The van der Waals surface area contributed by atoms with Crippen molar-refractivity contribution in [3.63, 3.8) is 0 Å². The number of Topliss-reactive ketones (excluding diaryl/α,β-unsaturated/α-hetero) is 1. The summed E-state index contributed by atoms with van der Waals surface area (Å²) >= 11 is 12.6. The van der Waals surface area contributed by atoms with Gasteiger partial charge in [0.25, 0.3) is 0 Å². The van der Waals surface area contributed by atoms with Gasteiger partial charge in [-0.25, -0.2) is 4.98 Å². The first-order valence-electron chi connectivity index (χ1n) is 10.0. The van der Waals surface area contributed by atoms with E-state index in [1.54, 1.807) is 18.2 Å². The second-order valence-corrected chi connectivity index (χ2v) is 9.53. The van der Waals surface area contributed by atoms with Crippen molar-refractivity contribution >= 4 is 40.1 Å². The van der Waals surface area contributed by atoms with Gasteiger partial charge in [0, 0.05) is 32.5 Å². The van der Waals surface area contributed by atoms with Crippen molar-refractivity contribution in [2.24, 2.45) is 5.41 Å². The Morgan fingerprint density at radius 3 is 2.31 bits per heavy atom. The molecule has 0 amide bonds. The van der Waals surface area contributed by atoms with Crippen LogP contribution in [0, 0.1) is 23.7 Å². The molecule has 0 aliphatic rings. The van der Waals surface area contributed by atoms with Gasteiger partial charge in [-0.1, -0.05) is 56.1 Å². The highest BCUT2D eigenvalue weighted by atomic mass is 35.5. The van der Waals surface area contributed by atoms with Crippen LogP contribution in [0.15, 0.2) is 52.9 Å². The molecule has 32 heavy (non-hydrogen) atoms. The molecule has 0 bridgehead atoms. The fourth-order valence-corrected chi connectivity index (χ4v) is 3.92. The largest absolute Gasteiger partial charge is 0.434 e. The summed E-state index contributed by atoms with van der Waals surface area (Å²) in [5.74, 6) is 0.226. The first kappa shape index (κ1) is 22.1.